The fraction of sp³-hybridized carbons (Fsp3) is 0.909. The number of amides is 1. The Bertz CT molecular complexity index is 271. The molecule has 2 fully saturated rings. The normalized spacial score (nSPS) is 24.1. The lowest BCUT2D eigenvalue weighted by Crippen LogP contribution is -2.62. The molecular weight excluding hydrogens is 208 g/mol. The van der Waals surface area contributed by atoms with Crippen LogP contribution in [0.2, 0.25) is 0 Å². The molecule has 2 aliphatic rings. The van der Waals surface area contributed by atoms with E-state index in [1.165, 1.54) is 0 Å². The highest BCUT2D eigenvalue weighted by atomic mass is 16.7. The van der Waals surface area contributed by atoms with E-state index in [-0.39, 0.29) is 11.7 Å². The summed E-state index contributed by atoms with van der Waals surface area (Å²) in [6, 6.07) is 0. The Morgan fingerprint density at radius 1 is 1.38 bits per heavy atom. The Labute approximate surface area is 96.0 Å². The minimum atomic E-state index is -0.416. The summed E-state index contributed by atoms with van der Waals surface area (Å²) in [7, 11) is 0. The molecule has 1 N–H and O–H groups in total. The minimum absolute atomic E-state index is 0.0154. The quantitative estimate of drug-likeness (QED) is 0.679. The van der Waals surface area contributed by atoms with Gasteiger partial charge in [-0.3, -0.25) is 4.84 Å². The molecule has 1 spiro atoms. The smallest absolute Gasteiger partial charge is 0.410 e. The SMILES string of the molecule is CC(C)(C)OC(=O)N1CCC2(CC1)CNO2. The van der Waals surface area contributed by atoms with Gasteiger partial charge in [0.2, 0.25) is 0 Å². The third kappa shape index (κ3) is 2.47. The number of carbonyl (C=O) groups excluding carboxylic acids is 1. The number of carbonyl (C=O) groups is 1. The average molecular weight is 228 g/mol. The van der Waals surface area contributed by atoms with E-state index in [9.17, 15) is 4.79 Å². The summed E-state index contributed by atoms with van der Waals surface area (Å²) in [6.07, 6.45) is 1.56. The molecule has 92 valence electrons. The third-order valence-electron chi connectivity index (χ3n) is 3.01. The number of hydrogen-bond acceptors (Lipinski definition) is 4. The molecule has 16 heavy (non-hydrogen) atoms. The minimum Gasteiger partial charge on any atom is -0.444 e. The van der Waals surface area contributed by atoms with Crippen LogP contribution in [0.25, 0.3) is 0 Å². The number of ether oxygens (including phenoxy) is 1. The lowest BCUT2D eigenvalue weighted by molar-refractivity contribution is -0.222. The van der Waals surface area contributed by atoms with Crippen molar-refractivity contribution in [2.45, 2.75) is 44.8 Å². The molecule has 0 aromatic rings. The van der Waals surface area contributed by atoms with Gasteiger partial charge in [-0.05, 0) is 33.6 Å². The maximum absolute atomic E-state index is 11.8. The summed E-state index contributed by atoms with van der Waals surface area (Å²) >= 11 is 0. The third-order valence-corrected chi connectivity index (χ3v) is 3.01. The molecule has 1 amide bonds. The van der Waals surface area contributed by atoms with E-state index in [0.717, 1.165) is 32.5 Å². The summed E-state index contributed by atoms with van der Waals surface area (Å²) in [4.78, 5) is 18.9. The van der Waals surface area contributed by atoms with Crippen LogP contribution in [0.3, 0.4) is 0 Å². The van der Waals surface area contributed by atoms with Crippen LogP contribution in [0.4, 0.5) is 4.79 Å². The molecule has 2 aliphatic heterocycles. The van der Waals surface area contributed by atoms with Crippen LogP contribution < -0.4 is 5.48 Å². The van der Waals surface area contributed by atoms with Gasteiger partial charge in [0.25, 0.3) is 0 Å². The Morgan fingerprint density at radius 2 is 1.94 bits per heavy atom. The van der Waals surface area contributed by atoms with Gasteiger partial charge in [-0.2, -0.15) is 5.48 Å². The van der Waals surface area contributed by atoms with E-state index >= 15 is 0 Å². The second-order valence-corrected chi connectivity index (χ2v) is 5.57. The topological polar surface area (TPSA) is 50.8 Å². The van der Waals surface area contributed by atoms with Crippen molar-refractivity contribution in [1.82, 2.24) is 10.4 Å². The molecule has 0 aliphatic carbocycles. The molecule has 0 bridgehead atoms. The average Bonchev–Trinajstić information content (AvgIpc) is 2.13. The molecule has 2 saturated heterocycles. The van der Waals surface area contributed by atoms with Crippen molar-refractivity contribution in [1.29, 1.82) is 0 Å². The number of rotatable bonds is 0. The monoisotopic (exact) mass is 228 g/mol. The number of hydroxylamine groups is 1. The van der Waals surface area contributed by atoms with Gasteiger partial charge in [-0.25, -0.2) is 4.79 Å². The van der Waals surface area contributed by atoms with Crippen molar-refractivity contribution in [3.8, 4) is 0 Å². The van der Waals surface area contributed by atoms with Crippen molar-refractivity contribution in [2.75, 3.05) is 19.6 Å². The first-order valence-electron chi connectivity index (χ1n) is 5.79. The van der Waals surface area contributed by atoms with E-state index < -0.39 is 5.60 Å². The zero-order chi connectivity index (χ0) is 11.8. The predicted molar refractivity (Wildman–Crippen MR) is 58.9 cm³/mol. The summed E-state index contributed by atoms with van der Waals surface area (Å²) in [5.74, 6) is 0. The highest BCUT2D eigenvalue weighted by molar-refractivity contribution is 5.68. The molecule has 0 unspecified atom stereocenters. The molecule has 5 heteroatoms. The van der Waals surface area contributed by atoms with Crippen LogP contribution in [-0.2, 0) is 9.57 Å². The van der Waals surface area contributed by atoms with Crippen LogP contribution in [0.15, 0.2) is 0 Å². The predicted octanol–water partition coefficient (Wildman–Crippen LogP) is 1.29. The molecule has 0 radical (unpaired) electrons. The second kappa shape index (κ2) is 3.89. The van der Waals surface area contributed by atoms with E-state index in [2.05, 4.69) is 5.48 Å². The maximum atomic E-state index is 11.8. The summed E-state index contributed by atoms with van der Waals surface area (Å²) < 4.78 is 5.33. The van der Waals surface area contributed by atoms with Crippen molar-refractivity contribution in [3.63, 3.8) is 0 Å². The molecule has 0 atom stereocenters. The zero-order valence-electron chi connectivity index (χ0n) is 10.2. The van der Waals surface area contributed by atoms with Crippen molar-refractivity contribution < 1.29 is 14.4 Å². The highest BCUT2D eigenvalue weighted by Crippen LogP contribution is 2.30. The van der Waals surface area contributed by atoms with E-state index in [4.69, 9.17) is 9.57 Å². The fourth-order valence-corrected chi connectivity index (χ4v) is 1.98. The number of nitrogens with zero attached hydrogens (tertiary/aromatic N) is 1. The molecule has 0 saturated carbocycles. The summed E-state index contributed by atoms with van der Waals surface area (Å²) in [5, 5.41) is 0. The molecule has 2 heterocycles. The van der Waals surface area contributed by atoms with Crippen LogP contribution in [0.5, 0.6) is 0 Å². The standard InChI is InChI=1S/C11H20N2O3/c1-10(2,3)15-9(14)13-6-4-11(5-7-13)8-12-16-11/h12H,4-8H2,1-3H3. The highest BCUT2D eigenvalue weighted by Gasteiger charge is 2.43. The number of hydrogen-bond donors (Lipinski definition) is 1. The van der Waals surface area contributed by atoms with Crippen molar-refractivity contribution in [2.24, 2.45) is 0 Å². The van der Waals surface area contributed by atoms with Crippen LogP contribution in [0.1, 0.15) is 33.6 Å². The van der Waals surface area contributed by atoms with Crippen molar-refractivity contribution in [3.05, 3.63) is 0 Å². The van der Waals surface area contributed by atoms with Crippen molar-refractivity contribution >= 4 is 6.09 Å². The lowest BCUT2D eigenvalue weighted by Gasteiger charge is -2.47. The van der Waals surface area contributed by atoms with E-state index in [1.54, 1.807) is 4.90 Å². The zero-order valence-corrected chi connectivity index (χ0v) is 10.2. The van der Waals surface area contributed by atoms with E-state index in [0.29, 0.717) is 0 Å². The van der Waals surface area contributed by atoms with Gasteiger partial charge >= 0.3 is 6.09 Å². The first-order valence-corrected chi connectivity index (χ1v) is 5.79. The Hall–Kier alpha value is -0.810. The molecule has 0 aromatic carbocycles. The second-order valence-electron chi connectivity index (χ2n) is 5.57. The number of nitrogens with one attached hydrogen (secondary N) is 1. The fourth-order valence-electron chi connectivity index (χ4n) is 1.98. The molecule has 2 rings (SSSR count). The molecule has 0 aromatic heterocycles. The number of likely N-dealkylation sites (tertiary alicyclic amines) is 1. The van der Waals surface area contributed by atoms with Gasteiger partial charge in [-0.1, -0.05) is 0 Å². The van der Waals surface area contributed by atoms with Crippen LogP contribution in [-0.4, -0.2) is 41.8 Å². The molecule has 5 nitrogen and oxygen atoms in total. The van der Waals surface area contributed by atoms with Gasteiger partial charge in [-0.15, -0.1) is 0 Å². The van der Waals surface area contributed by atoms with Crippen LogP contribution >= 0.6 is 0 Å². The van der Waals surface area contributed by atoms with Gasteiger partial charge in [0, 0.05) is 13.1 Å². The first-order chi connectivity index (χ1) is 7.40. The summed E-state index contributed by atoms with van der Waals surface area (Å²) in [5.41, 5.74) is 2.39. The lowest BCUT2D eigenvalue weighted by atomic mass is 9.90. The van der Waals surface area contributed by atoms with Crippen LogP contribution in [0, 0.1) is 0 Å². The number of piperidine rings is 1. The maximum Gasteiger partial charge on any atom is 0.410 e. The largest absolute Gasteiger partial charge is 0.444 e. The van der Waals surface area contributed by atoms with Gasteiger partial charge in [0.1, 0.15) is 11.2 Å². The van der Waals surface area contributed by atoms with Gasteiger partial charge in [0.15, 0.2) is 0 Å². The van der Waals surface area contributed by atoms with Gasteiger partial charge < -0.3 is 9.64 Å². The Kier molecular flexibility index (Phi) is 2.84. The summed E-state index contributed by atoms with van der Waals surface area (Å²) in [6.45, 7) is 7.99. The first kappa shape index (κ1) is 11.7. The Morgan fingerprint density at radius 3 is 2.31 bits per heavy atom. The Balaban J connectivity index is 1.82. The van der Waals surface area contributed by atoms with E-state index in [1.807, 2.05) is 20.8 Å². The van der Waals surface area contributed by atoms with Gasteiger partial charge in [0.05, 0.1) is 6.54 Å². The molecular formula is C11H20N2O3.